The van der Waals surface area contributed by atoms with Crippen LogP contribution in [0.3, 0.4) is 0 Å². The van der Waals surface area contributed by atoms with Crippen LogP contribution in [0.15, 0.2) is 129 Å². The van der Waals surface area contributed by atoms with Crippen LogP contribution in [0.2, 0.25) is 0 Å². The molecule has 0 aliphatic carbocycles. The molecular weight excluding hydrogens is 729 g/mol. The van der Waals surface area contributed by atoms with Gasteiger partial charge in [0.1, 0.15) is 0 Å². The van der Waals surface area contributed by atoms with Crippen molar-refractivity contribution in [1.82, 2.24) is 0 Å². The first-order chi connectivity index (χ1) is 25.3. The highest BCUT2D eigenvalue weighted by Gasteiger charge is 2.18. The van der Waals surface area contributed by atoms with E-state index in [0.717, 1.165) is 23.0 Å². The van der Waals surface area contributed by atoms with Crippen LogP contribution in [0.4, 0.5) is 0 Å². The summed E-state index contributed by atoms with van der Waals surface area (Å²) in [5.74, 6) is 3.81. The highest BCUT2D eigenvalue weighted by Crippen LogP contribution is 2.37. The number of rotatable bonds is 12. The summed E-state index contributed by atoms with van der Waals surface area (Å²) in [5.41, 5.74) is 11.9. The molecule has 0 radical (unpaired) electrons. The fraction of sp³-hybridized carbons (Fsp3) is 0.400. The Morgan fingerprint density at radius 2 is 0.444 bits per heavy atom. The van der Waals surface area contributed by atoms with Crippen molar-refractivity contribution in [2.75, 3.05) is 0 Å². The van der Waals surface area contributed by atoms with Crippen LogP contribution in [0.1, 0.15) is 128 Å². The van der Waals surface area contributed by atoms with Crippen molar-refractivity contribution >= 4 is 47.0 Å². The molecule has 0 spiro atoms. The molecular formula is C50H62S4. The first-order valence-electron chi connectivity index (χ1n) is 19.3. The minimum absolute atomic E-state index is 0.154. The lowest BCUT2D eigenvalue weighted by Crippen LogP contribution is -2.10. The molecule has 0 heterocycles. The zero-order chi connectivity index (χ0) is 39.3. The third-order valence-corrected chi connectivity index (χ3v) is 14.2. The molecule has 54 heavy (non-hydrogen) atoms. The van der Waals surface area contributed by atoms with Gasteiger partial charge in [-0.15, -0.1) is 47.0 Å². The van der Waals surface area contributed by atoms with E-state index in [-0.39, 0.29) is 21.7 Å². The van der Waals surface area contributed by atoms with E-state index in [1.165, 1.54) is 64.1 Å². The summed E-state index contributed by atoms with van der Waals surface area (Å²) in [6, 6.07) is 42.0. The van der Waals surface area contributed by atoms with Gasteiger partial charge in [0.05, 0.1) is 0 Å². The second-order valence-electron chi connectivity index (χ2n) is 18.6. The second kappa shape index (κ2) is 17.7. The molecule has 286 valence electrons. The Hall–Kier alpha value is -2.50. The molecule has 0 atom stereocenters. The maximum atomic E-state index is 2.55. The predicted molar refractivity (Wildman–Crippen MR) is 245 cm³/mol. The van der Waals surface area contributed by atoms with Gasteiger partial charge in [-0.2, -0.15) is 0 Å². The number of thioether (sulfide) groups is 4. The van der Waals surface area contributed by atoms with Crippen molar-refractivity contribution in [3.63, 3.8) is 0 Å². The summed E-state index contributed by atoms with van der Waals surface area (Å²) < 4.78 is 0. The molecule has 4 heteroatoms. The Morgan fingerprint density at radius 1 is 0.278 bits per heavy atom. The lowest BCUT2D eigenvalue weighted by Gasteiger charge is -2.20. The molecule has 5 aromatic carbocycles. The third-order valence-electron chi connectivity index (χ3n) is 9.98. The molecule has 0 N–H and O–H groups in total. The van der Waals surface area contributed by atoms with Crippen molar-refractivity contribution in [3.05, 3.63) is 154 Å². The topological polar surface area (TPSA) is 0 Å². The molecule has 0 aliphatic heterocycles. The number of benzene rings is 5. The quantitative estimate of drug-likeness (QED) is 0.115. The smallest absolute Gasteiger partial charge is 0.0235 e. The Bertz CT molecular complexity index is 1650. The Balaban J connectivity index is 1.46. The van der Waals surface area contributed by atoms with Crippen LogP contribution in [-0.2, 0) is 44.7 Å². The monoisotopic (exact) mass is 790 g/mol. The van der Waals surface area contributed by atoms with E-state index >= 15 is 0 Å². The summed E-state index contributed by atoms with van der Waals surface area (Å²) in [6.45, 7) is 27.4. The molecule has 5 rings (SSSR count). The summed E-state index contributed by atoms with van der Waals surface area (Å²) in [6.07, 6.45) is 0. The van der Waals surface area contributed by atoms with E-state index < -0.39 is 0 Å². The Kier molecular flexibility index (Phi) is 14.0. The van der Waals surface area contributed by atoms with Gasteiger partial charge < -0.3 is 0 Å². The highest BCUT2D eigenvalue weighted by molar-refractivity contribution is 7.99. The highest BCUT2D eigenvalue weighted by atomic mass is 32.2. The zero-order valence-corrected chi connectivity index (χ0v) is 38.1. The van der Waals surface area contributed by atoms with Crippen LogP contribution in [-0.4, -0.2) is 0 Å². The van der Waals surface area contributed by atoms with Gasteiger partial charge in [-0.1, -0.05) is 144 Å². The average molecular weight is 791 g/mol. The van der Waals surface area contributed by atoms with E-state index in [2.05, 4.69) is 192 Å². The molecule has 0 amide bonds. The number of hydrogen-bond donors (Lipinski definition) is 0. The average Bonchev–Trinajstić information content (AvgIpc) is 3.11. The van der Waals surface area contributed by atoms with Crippen molar-refractivity contribution in [2.24, 2.45) is 0 Å². The summed E-state index contributed by atoms with van der Waals surface area (Å²) >= 11 is 7.83. The van der Waals surface area contributed by atoms with Gasteiger partial charge in [-0.25, -0.2) is 0 Å². The van der Waals surface area contributed by atoms with E-state index in [9.17, 15) is 0 Å². The molecule has 0 aliphatic rings. The van der Waals surface area contributed by atoms with Crippen LogP contribution in [0.25, 0.3) is 0 Å². The van der Waals surface area contributed by atoms with Crippen LogP contribution in [0, 0.1) is 0 Å². The molecule has 0 bridgehead atoms. The molecule has 0 aromatic heterocycles. The first kappa shape index (κ1) is 42.6. The second-order valence-corrected chi connectivity index (χ2v) is 22.8. The molecule has 0 saturated carbocycles. The molecule has 0 fully saturated rings. The minimum Gasteiger partial charge on any atom is -0.121 e. The van der Waals surface area contributed by atoms with E-state index in [4.69, 9.17) is 0 Å². The van der Waals surface area contributed by atoms with Gasteiger partial charge in [0, 0.05) is 42.6 Å². The van der Waals surface area contributed by atoms with Crippen LogP contribution >= 0.6 is 47.0 Å². The Morgan fingerprint density at radius 3 is 0.593 bits per heavy atom. The predicted octanol–water partition coefficient (Wildman–Crippen LogP) is 16.0. The Labute approximate surface area is 345 Å². The van der Waals surface area contributed by atoms with Gasteiger partial charge in [0.2, 0.25) is 0 Å². The van der Waals surface area contributed by atoms with Gasteiger partial charge in [0.15, 0.2) is 0 Å². The van der Waals surface area contributed by atoms with Crippen molar-refractivity contribution < 1.29 is 0 Å². The molecule has 0 saturated heterocycles. The molecule has 0 unspecified atom stereocenters. The van der Waals surface area contributed by atoms with E-state index in [1.54, 1.807) is 0 Å². The van der Waals surface area contributed by atoms with Crippen LogP contribution in [0.5, 0.6) is 0 Å². The van der Waals surface area contributed by atoms with Crippen LogP contribution < -0.4 is 0 Å². The fourth-order valence-electron chi connectivity index (χ4n) is 6.18. The standard InChI is InChI=1S/C50H62S4/c1-47(2,3)39-13-21-43(22-14-39)51-31-35-29-37(33-53-45-25-17-41(18-26-45)49(7,8)9)38(34-54-46-27-19-42(20-28-46)50(10,11)12)30-36(35)32-52-44-23-15-40(16-24-44)48(4,5)6/h13-30H,31-34H2,1-12H3. The maximum absolute atomic E-state index is 2.55. The number of hydrogen-bond acceptors (Lipinski definition) is 4. The lowest BCUT2D eigenvalue weighted by molar-refractivity contribution is 0.589. The maximum Gasteiger partial charge on any atom is 0.0235 e. The SMILES string of the molecule is CC(C)(C)c1ccc(SCc2cc(CSc3ccc(C(C)(C)C)cc3)c(CSc3ccc(C(C)(C)C)cc3)cc2CSc2ccc(C(C)(C)C)cc2)cc1. The molecule has 5 aromatic rings. The van der Waals surface area contributed by atoms with Crippen molar-refractivity contribution in [1.29, 1.82) is 0 Å². The summed E-state index contributed by atoms with van der Waals surface area (Å²) in [4.78, 5) is 5.31. The van der Waals surface area contributed by atoms with E-state index in [0.29, 0.717) is 0 Å². The van der Waals surface area contributed by atoms with Crippen molar-refractivity contribution in [3.8, 4) is 0 Å². The normalized spacial score (nSPS) is 12.7. The van der Waals surface area contributed by atoms with Gasteiger partial charge in [-0.3, -0.25) is 0 Å². The summed E-state index contributed by atoms with van der Waals surface area (Å²) in [5, 5.41) is 0. The first-order valence-corrected chi connectivity index (χ1v) is 23.3. The summed E-state index contributed by atoms with van der Waals surface area (Å²) in [7, 11) is 0. The molecule has 0 nitrogen and oxygen atoms in total. The van der Waals surface area contributed by atoms with Gasteiger partial charge >= 0.3 is 0 Å². The van der Waals surface area contributed by atoms with Gasteiger partial charge in [0.25, 0.3) is 0 Å². The van der Waals surface area contributed by atoms with E-state index in [1.807, 2.05) is 47.0 Å². The third kappa shape index (κ3) is 12.2. The largest absolute Gasteiger partial charge is 0.121 e. The minimum atomic E-state index is 0.154. The van der Waals surface area contributed by atoms with Crippen molar-refractivity contribution in [2.45, 2.75) is 147 Å². The fourth-order valence-corrected chi connectivity index (χ4v) is 9.86. The lowest BCUT2D eigenvalue weighted by atomic mass is 9.87. The van der Waals surface area contributed by atoms with Gasteiger partial charge in [-0.05, 0) is 115 Å². The zero-order valence-electron chi connectivity index (χ0n) is 34.9.